The van der Waals surface area contributed by atoms with Crippen molar-refractivity contribution in [1.29, 1.82) is 0 Å². The van der Waals surface area contributed by atoms with Gasteiger partial charge >= 0.3 is 12.1 Å². The number of esters is 1. The molecule has 0 bridgehead atoms. The van der Waals surface area contributed by atoms with E-state index in [1.807, 2.05) is 0 Å². The predicted octanol–water partition coefficient (Wildman–Crippen LogP) is 5.48. The lowest BCUT2D eigenvalue weighted by Gasteiger charge is -2.16. The molecule has 0 saturated heterocycles. The van der Waals surface area contributed by atoms with Gasteiger partial charge in [-0.1, -0.05) is 52.6 Å². The number of alkyl halides is 3. The average Bonchev–Trinajstić information content (AvgIpc) is 3.01. The lowest BCUT2D eigenvalue weighted by atomic mass is 9.95. The number of carbonyl (C=O) groups is 1. The van der Waals surface area contributed by atoms with Gasteiger partial charge in [-0.15, -0.1) is 6.42 Å². The maximum Gasteiger partial charge on any atom is 0.416 e. The molecule has 0 saturated carbocycles. The second kappa shape index (κ2) is 15.1. The van der Waals surface area contributed by atoms with Gasteiger partial charge in [0.05, 0.1) is 12.7 Å². The number of oxime groups is 2. The number of halogens is 3. The number of nitrogens with two attached hydrogens (primary N) is 1. The first-order valence-electron chi connectivity index (χ1n) is 12.5. The highest BCUT2D eigenvalue weighted by atomic mass is 19.4. The molecule has 0 heterocycles. The van der Waals surface area contributed by atoms with Crippen LogP contribution < -0.4 is 10.6 Å². The molecule has 3 aromatic carbocycles. The van der Waals surface area contributed by atoms with Crippen LogP contribution in [0.5, 0.6) is 5.75 Å². The normalized spacial score (nSPS) is 12.5. The van der Waals surface area contributed by atoms with Crippen molar-refractivity contribution in [3.8, 4) is 18.1 Å². The third-order valence-electron chi connectivity index (χ3n) is 5.89. The smallest absolute Gasteiger partial charge is 0.416 e. The fourth-order valence-electron chi connectivity index (χ4n) is 3.92. The summed E-state index contributed by atoms with van der Waals surface area (Å²) < 4.78 is 49.7. The van der Waals surface area contributed by atoms with Gasteiger partial charge in [-0.2, -0.15) is 19.1 Å². The van der Waals surface area contributed by atoms with Crippen molar-refractivity contribution in [2.45, 2.75) is 19.7 Å². The van der Waals surface area contributed by atoms with Gasteiger partial charge in [-0.05, 0) is 48.9 Å². The second-order valence-corrected chi connectivity index (χ2v) is 8.66. The van der Waals surface area contributed by atoms with E-state index in [4.69, 9.17) is 36.3 Å². The largest absolute Gasteiger partial charge is 0.489 e. The van der Waals surface area contributed by atoms with E-state index in [1.54, 1.807) is 61.5 Å². The van der Waals surface area contributed by atoms with Gasteiger partial charge in [-0.3, -0.25) is 0 Å². The molecule has 0 aliphatic rings. The number of benzene rings is 3. The van der Waals surface area contributed by atoms with E-state index in [2.05, 4.69) is 16.2 Å². The Morgan fingerprint density at radius 2 is 1.65 bits per heavy atom. The van der Waals surface area contributed by atoms with Crippen LogP contribution in [-0.4, -0.2) is 38.2 Å². The highest BCUT2D eigenvalue weighted by Crippen LogP contribution is 2.30. The fraction of sp³-hybridized carbons (Fsp3) is 0.194. The number of nitrogens with zero attached hydrogens (tertiary/aromatic N) is 2. The molecule has 0 aliphatic heterocycles. The maximum absolute atomic E-state index is 13.0. The summed E-state index contributed by atoms with van der Waals surface area (Å²) in [6.45, 7) is 1.46. The minimum absolute atomic E-state index is 0.0814. The monoisotopic (exact) mass is 595 g/mol. The molecule has 224 valence electrons. The van der Waals surface area contributed by atoms with Gasteiger partial charge in [0.15, 0.2) is 18.1 Å². The molecular formula is C31H28F3N3O6. The number of hydrogen-bond acceptors (Lipinski definition) is 9. The van der Waals surface area contributed by atoms with Crippen LogP contribution in [0, 0.1) is 12.3 Å². The third-order valence-corrected chi connectivity index (χ3v) is 5.89. The van der Waals surface area contributed by atoms with E-state index in [0.29, 0.717) is 33.6 Å². The van der Waals surface area contributed by atoms with Crippen LogP contribution in [0.1, 0.15) is 34.7 Å². The van der Waals surface area contributed by atoms with Gasteiger partial charge in [0.1, 0.15) is 25.2 Å². The van der Waals surface area contributed by atoms with Crippen LogP contribution in [0.3, 0.4) is 0 Å². The Bertz CT molecular complexity index is 1560. The molecule has 0 aromatic heterocycles. The Balaban J connectivity index is 1.99. The summed E-state index contributed by atoms with van der Waals surface area (Å²) in [4.78, 5) is 27.9. The molecule has 0 unspecified atom stereocenters. The number of allylic oxidation sites excluding steroid dienone is 1. The minimum atomic E-state index is -4.45. The van der Waals surface area contributed by atoms with Gasteiger partial charge in [0.25, 0.3) is 0 Å². The molecule has 0 amide bonds. The van der Waals surface area contributed by atoms with Crippen LogP contribution in [0.15, 0.2) is 88.7 Å². The Morgan fingerprint density at radius 1 is 0.953 bits per heavy atom. The van der Waals surface area contributed by atoms with Crippen molar-refractivity contribution in [1.82, 2.24) is 0 Å². The zero-order chi connectivity index (χ0) is 31.4. The molecule has 12 heteroatoms. The number of hydrogen-bond donors (Lipinski definition) is 1. The zero-order valence-electron chi connectivity index (χ0n) is 23.5. The van der Waals surface area contributed by atoms with E-state index in [1.165, 1.54) is 20.3 Å². The molecule has 0 spiro atoms. The molecule has 43 heavy (non-hydrogen) atoms. The Kier molecular flexibility index (Phi) is 11.3. The van der Waals surface area contributed by atoms with Crippen molar-refractivity contribution in [2.24, 2.45) is 16.2 Å². The SMILES string of the molecule is C#CCO/N=C(\C(C)=C(/ON)c1ccccc1/C(=N\OC)C(=O)OC)c1ccc(OCc2cccc(C(F)(F)F)c2)cc1. The summed E-state index contributed by atoms with van der Waals surface area (Å²) in [5.41, 5.74) is 1.34. The predicted molar refractivity (Wildman–Crippen MR) is 153 cm³/mol. The number of carbonyl (C=O) groups excluding carboxylic acids is 1. The lowest BCUT2D eigenvalue weighted by molar-refractivity contribution is -0.137. The standard InChI is InChI=1S/C31H28F3N3O6/c1-5-17-42-37-27(20(2)29(43-35)26-12-7-6-11-25(26)28(36-40-4)30(38)39-3)22-13-15-24(16-14-22)41-19-21-9-8-10-23(18-21)31(32,33)34/h1,6-16,18H,17,19,35H2,2-4H3/b29-20-,36-28+,37-27+. The highest BCUT2D eigenvalue weighted by Gasteiger charge is 2.30. The fourth-order valence-corrected chi connectivity index (χ4v) is 3.92. The van der Waals surface area contributed by atoms with Crippen molar-refractivity contribution in [2.75, 3.05) is 20.8 Å². The van der Waals surface area contributed by atoms with E-state index >= 15 is 0 Å². The van der Waals surface area contributed by atoms with Crippen LogP contribution in [0.4, 0.5) is 13.2 Å². The van der Waals surface area contributed by atoms with Crippen LogP contribution in [0.25, 0.3) is 5.76 Å². The first-order chi connectivity index (χ1) is 20.6. The number of ether oxygens (including phenoxy) is 2. The van der Waals surface area contributed by atoms with Crippen molar-refractivity contribution >= 4 is 23.2 Å². The topological polar surface area (TPSA) is 114 Å². The molecule has 0 atom stereocenters. The Labute approximate surface area is 246 Å². The first kappa shape index (κ1) is 32.2. The van der Waals surface area contributed by atoms with Crippen LogP contribution >= 0.6 is 0 Å². The van der Waals surface area contributed by atoms with Crippen molar-refractivity contribution in [3.05, 3.63) is 106 Å². The Hall–Kier alpha value is -5.28. The molecule has 0 aliphatic carbocycles. The van der Waals surface area contributed by atoms with Crippen molar-refractivity contribution in [3.63, 3.8) is 0 Å². The Morgan fingerprint density at radius 3 is 2.26 bits per heavy atom. The van der Waals surface area contributed by atoms with E-state index in [0.717, 1.165) is 12.1 Å². The summed E-state index contributed by atoms with van der Waals surface area (Å²) in [7, 11) is 2.49. The zero-order valence-corrected chi connectivity index (χ0v) is 23.5. The number of rotatable bonds is 12. The molecule has 9 nitrogen and oxygen atoms in total. The van der Waals surface area contributed by atoms with E-state index < -0.39 is 17.7 Å². The molecule has 3 rings (SSSR count). The van der Waals surface area contributed by atoms with Crippen LogP contribution in [0.2, 0.25) is 0 Å². The molecular weight excluding hydrogens is 567 g/mol. The molecule has 0 radical (unpaired) electrons. The lowest BCUT2D eigenvalue weighted by Crippen LogP contribution is -2.20. The summed E-state index contributed by atoms with van der Waals surface area (Å²) >= 11 is 0. The summed E-state index contributed by atoms with van der Waals surface area (Å²) in [6, 6.07) is 18.1. The van der Waals surface area contributed by atoms with Gasteiger partial charge in [0.2, 0.25) is 0 Å². The van der Waals surface area contributed by atoms with E-state index in [-0.39, 0.29) is 30.4 Å². The minimum Gasteiger partial charge on any atom is -0.489 e. The molecule has 2 N–H and O–H groups in total. The van der Waals surface area contributed by atoms with Gasteiger partial charge < -0.3 is 24.0 Å². The summed E-state index contributed by atoms with van der Waals surface area (Å²) in [5, 5.41) is 7.99. The molecule has 0 fully saturated rings. The van der Waals surface area contributed by atoms with Crippen LogP contribution in [-0.2, 0) is 36.8 Å². The quantitative estimate of drug-likeness (QED) is 0.0736. The van der Waals surface area contributed by atoms with Gasteiger partial charge in [0, 0.05) is 22.3 Å². The van der Waals surface area contributed by atoms with Crippen molar-refractivity contribution < 1.29 is 42.0 Å². The summed E-state index contributed by atoms with van der Waals surface area (Å²) in [6.07, 6.45) is 0.861. The third kappa shape index (κ3) is 8.37. The number of terminal acetylenes is 1. The summed E-state index contributed by atoms with van der Waals surface area (Å²) in [5.74, 6) is 7.81. The highest BCUT2D eigenvalue weighted by molar-refractivity contribution is 6.44. The van der Waals surface area contributed by atoms with Gasteiger partial charge in [-0.25, -0.2) is 4.79 Å². The number of methoxy groups -OCH3 is 1. The van der Waals surface area contributed by atoms with E-state index in [9.17, 15) is 18.0 Å². The second-order valence-electron chi connectivity index (χ2n) is 8.66. The first-order valence-corrected chi connectivity index (χ1v) is 12.5. The molecule has 3 aromatic rings. The maximum atomic E-state index is 13.0. The average molecular weight is 596 g/mol.